The first-order valence-corrected chi connectivity index (χ1v) is 7.84. The molecule has 0 atom stereocenters. The Morgan fingerprint density at radius 2 is 1.68 bits per heavy atom. The molecule has 0 fully saturated rings. The normalized spacial score (nSPS) is 10.9. The molecule has 0 saturated heterocycles. The lowest BCUT2D eigenvalue weighted by Gasteiger charge is -2.05. The SMILES string of the molecule is CCCCCc1ccc(-c2nc(C)c(C)c(C)n2)s1. The van der Waals surface area contributed by atoms with Gasteiger partial charge >= 0.3 is 0 Å². The van der Waals surface area contributed by atoms with Crippen molar-refractivity contribution in [2.45, 2.75) is 53.4 Å². The van der Waals surface area contributed by atoms with Crippen molar-refractivity contribution >= 4 is 11.3 Å². The van der Waals surface area contributed by atoms with Gasteiger partial charge in [-0.2, -0.15) is 0 Å². The summed E-state index contributed by atoms with van der Waals surface area (Å²) in [5, 5.41) is 0. The number of nitrogens with zero attached hydrogens (tertiary/aromatic N) is 2. The van der Waals surface area contributed by atoms with Gasteiger partial charge in [0.1, 0.15) is 0 Å². The fourth-order valence-electron chi connectivity index (χ4n) is 2.06. The van der Waals surface area contributed by atoms with Gasteiger partial charge < -0.3 is 0 Å². The van der Waals surface area contributed by atoms with Crippen LogP contribution in [0.15, 0.2) is 12.1 Å². The third kappa shape index (κ3) is 3.41. The summed E-state index contributed by atoms with van der Waals surface area (Å²) in [5.41, 5.74) is 3.37. The maximum atomic E-state index is 4.61. The zero-order chi connectivity index (χ0) is 13.8. The van der Waals surface area contributed by atoms with Gasteiger partial charge in [0.05, 0.1) is 4.88 Å². The summed E-state index contributed by atoms with van der Waals surface area (Å²) in [7, 11) is 0. The van der Waals surface area contributed by atoms with Crippen LogP contribution in [0.2, 0.25) is 0 Å². The molecule has 0 unspecified atom stereocenters. The second-order valence-electron chi connectivity index (χ2n) is 5.07. The molecule has 0 aliphatic heterocycles. The summed E-state index contributed by atoms with van der Waals surface area (Å²) < 4.78 is 0. The Bertz CT molecular complexity index is 535. The lowest BCUT2D eigenvalue weighted by atomic mass is 10.2. The molecule has 0 radical (unpaired) electrons. The van der Waals surface area contributed by atoms with E-state index in [0.717, 1.165) is 17.2 Å². The zero-order valence-electron chi connectivity index (χ0n) is 12.3. The lowest BCUT2D eigenvalue weighted by molar-refractivity contribution is 0.722. The smallest absolute Gasteiger partial charge is 0.169 e. The van der Waals surface area contributed by atoms with Gasteiger partial charge in [0.2, 0.25) is 0 Å². The van der Waals surface area contributed by atoms with E-state index >= 15 is 0 Å². The van der Waals surface area contributed by atoms with Crippen molar-refractivity contribution in [3.8, 4) is 10.7 Å². The monoisotopic (exact) mass is 274 g/mol. The molecular formula is C16H22N2S. The van der Waals surface area contributed by atoms with Crippen LogP contribution >= 0.6 is 11.3 Å². The van der Waals surface area contributed by atoms with E-state index in [4.69, 9.17) is 0 Å². The Morgan fingerprint density at radius 3 is 2.32 bits per heavy atom. The summed E-state index contributed by atoms with van der Waals surface area (Å²) in [6, 6.07) is 4.39. The molecule has 2 aromatic rings. The van der Waals surface area contributed by atoms with E-state index in [1.807, 2.05) is 11.3 Å². The average Bonchev–Trinajstić information content (AvgIpc) is 2.84. The molecule has 19 heavy (non-hydrogen) atoms. The number of unbranched alkanes of at least 4 members (excludes halogenated alkanes) is 2. The predicted molar refractivity (Wildman–Crippen MR) is 82.8 cm³/mol. The second-order valence-corrected chi connectivity index (χ2v) is 6.23. The molecule has 0 saturated carbocycles. The van der Waals surface area contributed by atoms with Crippen LogP contribution in [0, 0.1) is 20.8 Å². The van der Waals surface area contributed by atoms with Gasteiger partial charge in [0.25, 0.3) is 0 Å². The molecule has 2 heterocycles. The van der Waals surface area contributed by atoms with E-state index in [1.54, 1.807) is 0 Å². The first kappa shape index (κ1) is 14.2. The van der Waals surface area contributed by atoms with E-state index in [0.29, 0.717) is 0 Å². The minimum absolute atomic E-state index is 0.882. The Balaban J connectivity index is 2.18. The highest BCUT2D eigenvalue weighted by molar-refractivity contribution is 7.15. The Morgan fingerprint density at radius 1 is 1.00 bits per heavy atom. The van der Waals surface area contributed by atoms with Crippen LogP contribution in [0.4, 0.5) is 0 Å². The molecule has 0 aromatic carbocycles. The maximum absolute atomic E-state index is 4.61. The Kier molecular flexibility index (Phi) is 4.70. The van der Waals surface area contributed by atoms with Crippen molar-refractivity contribution in [2.24, 2.45) is 0 Å². The molecule has 0 aliphatic carbocycles. The summed E-state index contributed by atoms with van der Waals surface area (Å²) in [5.74, 6) is 0.882. The van der Waals surface area contributed by atoms with E-state index in [2.05, 4.69) is 49.8 Å². The van der Waals surface area contributed by atoms with Gasteiger partial charge in [-0.3, -0.25) is 0 Å². The van der Waals surface area contributed by atoms with Crippen molar-refractivity contribution in [2.75, 3.05) is 0 Å². The van der Waals surface area contributed by atoms with Crippen molar-refractivity contribution in [1.29, 1.82) is 0 Å². The van der Waals surface area contributed by atoms with E-state index in [9.17, 15) is 0 Å². The first-order chi connectivity index (χ1) is 9.11. The van der Waals surface area contributed by atoms with Gasteiger partial charge in [0, 0.05) is 16.3 Å². The van der Waals surface area contributed by atoms with Crippen LogP contribution in [0.5, 0.6) is 0 Å². The summed E-state index contributed by atoms with van der Waals surface area (Å²) >= 11 is 1.83. The van der Waals surface area contributed by atoms with Gasteiger partial charge in [-0.15, -0.1) is 11.3 Å². The van der Waals surface area contributed by atoms with Crippen LogP contribution in [0.25, 0.3) is 10.7 Å². The molecule has 0 amide bonds. The average molecular weight is 274 g/mol. The quantitative estimate of drug-likeness (QED) is 0.727. The lowest BCUT2D eigenvalue weighted by Crippen LogP contribution is -1.97. The van der Waals surface area contributed by atoms with Crippen molar-refractivity contribution < 1.29 is 0 Å². The molecule has 2 aromatic heterocycles. The number of hydrogen-bond donors (Lipinski definition) is 0. The molecule has 0 N–H and O–H groups in total. The molecule has 0 spiro atoms. The second kappa shape index (κ2) is 6.29. The fourth-order valence-corrected chi connectivity index (χ4v) is 3.05. The van der Waals surface area contributed by atoms with Gasteiger partial charge in [0.15, 0.2) is 5.82 Å². The first-order valence-electron chi connectivity index (χ1n) is 7.02. The minimum atomic E-state index is 0.882. The molecule has 0 aliphatic rings. The van der Waals surface area contributed by atoms with E-state index in [-0.39, 0.29) is 0 Å². The molecular weight excluding hydrogens is 252 g/mol. The largest absolute Gasteiger partial charge is 0.232 e. The predicted octanol–water partition coefficient (Wildman–Crippen LogP) is 4.86. The highest BCUT2D eigenvalue weighted by atomic mass is 32.1. The third-order valence-corrected chi connectivity index (χ3v) is 4.68. The zero-order valence-corrected chi connectivity index (χ0v) is 13.1. The Labute approximate surface area is 119 Å². The molecule has 3 heteroatoms. The highest BCUT2D eigenvalue weighted by Crippen LogP contribution is 2.27. The standard InChI is InChI=1S/C16H22N2S/c1-5-6-7-8-14-9-10-15(19-14)16-17-12(3)11(2)13(4)18-16/h9-10H,5-8H2,1-4H3. The van der Waals surface area contributed by atoms with Crippen molar-refractivity contribution in [3.63, 3.8) is 0 Å². The van der Waals surface area contributed by atoms with Crippen molar-refractivity contribution in [1.82, 2.24) is 9.97 Å². The summed E-state index contributed by atoms with van der Waals surface area (Å²) in [4.78, 5) is 11.9. The third-order valence-electron chi connectivity index (χ3n) is 3.54. The van der Waals surface area contributed by atoms with Crippen LogP contribution in [0.3, 0.4) is 0 Å². The molecule has 102 valence electrons. The minimum Gasteiger partial charge on any atom is -0.232 e. The highest BCUT2D eigenvalue weighted by Gasteiger charge is 2.09. The number of thiophene rings is 1. The topological polar surface area (TPSA) is 25.8 Å². The van der Waals surface area contributed by atoms with Crippen LogP contribution in [-0.4, -0.2) is 9.97 Å². The van der Waals surface area contributed by atoms with Crippen LogP contribution in [0.1, 0.15) is 48.0 Å². The van der Waals surface area contributed by atoms with E-state index < -0.39 is 0 Å². The Hall–Kier alpha value is -1.22. The van der Waals surface area contributed by atoms with E-state index in [1.165, 1.54) is 41.0 Å². The molecule has 2 nitrogen and oxygen atoms in total. The van der Waals surface area contributed by atoms with Crippen LogP contribution in [-0.2, 0) is 6.42 Å². The summed E-state index contributed by atoms with van der Waals surface area (Å²) in [6.45, 7) is 8.44. The number of hydrogen-bond acceptors (Lipinski definition) is 3. The molecule has 2 rings (SSSR count). The fraction of sp³-hybridized carbons (Fsp3) is 0.500. The molecule has 0 bridgehead atoms. The number of rotatable bonds is 5. The number of aromatic nitrogens is 2. The van der Waals surface area contributed by atoms with Crippen molar-refractivity contribution in [3.05, 3.63) is 34.0 Å². The van der Waals surface area contributed by atoms with Gasteiger partial charge in [-0.1, -0.05) is 19.8 Å². The summed E-state index contributed by atoms with van der Waals surface area (Å²) in [6.07, 6.45) is 5.05. The van der Waals surface area contributed by atoms with Gasteiger partial charge in [-0.25, -0.2) is 9.97 Å². The van der Waals surface area contributed by atoms with Gasteiger partial charge in [-0.05, 0) is 51.3 Å². The number of aryl methyl sites for hydroxylation is 3. The maximum Gasteiger partial charge on any atom is 0.169 e. The van der Waals surface area contributed by atoms with Crippen LogP contribution < -0.4 is 0 Å².